The molecule has 0 aliphatic carbocycles. The maximum atomic E-state index is 11.9. The van der Waals surface area contributed by atoms with Crippen LogP contribution in [0.25, 0.3) is 0 Å². The van der Waals surface area contributed by atoms with E-state index >= 15 is 0 Å². The fourth-order valence-corrected chi connectivity index (χ4v) is 2.48. The topological polar surface area (TPSA) is 25.2 Å². The number of carbonyl (C=O) groups excluding carboxylic acids is 1. The average molecular weight is 241 g/mol. The molecule has 0 saturated carbocycles. The number of carbonyl (C=O) groups is 1. The van der Waals surface area contributed by atoms with Crippen LogP contribution < -0.4 is 0 Å². The third-order valence-electron chi connectivity index (χ3n) is 3.32. The highest BCUT2D eigenvalue weighted by molar-refractivity contribution is 6.30. The molecule has 0 spiro atoms. The van der Waals surface area contributed by atoms with Gasteiger partial charge in [-0.05, 0) is 32.9 Å². The van der Waals surface area contributed by atoms with Crippen LogP contribution in [0.4, 0.5) is 0 Å². The van der Waals surface area contributed by atoms with Crippen molar-refractivity contribution in [2.75, 3.05) is 6.54 Å². The molecule has 0 bridgehead atoms. The highest BCUT2D eigenvalue weighted by Gasteiger charge is 2.29. The van der Waals surface area contributed by atoms with Crippen molar-refractivity contribution in [3.05, 3.63) is 23.5 Å². The standard InChI is InChI=1S/C12H17ClN2O/c1-8-4-5-11-10(3)15(7-6-14(8)11)12(16)9(2)13/h4-5,9-10H,6-7H2,1-3H3. The van der Waals surface area contributed by atoms with Crippen LogP contribution in [0.2, 0.25) is 0 Å². The predicted molar refractivity (Wildman–Crippen MR) is 64.6 cm³/mol. The number of alkyl halides is 1. The van der Waals surface area contributed by atoms with Crippen molar-refractivity contribution in [1.29, 1.82) is 0 Å². The minimum atomic E-state index is -0.440. The highest BCUT2D eigenvalue weighted by atomic mass is 35.5. The fraction of sp³-hybridized carbons (Fsp3) is 0.583. The van der Waals surface area contributed by atoms with Gasteiger partial charge in [-0.15, -0.1) is 11.6 Å². The van der Waals surface area contributed by atoms with Gasteiger partial charge >= 0.3 is 0 Å². The lowest BCUT2D eigenvalue weighted by Gasteiger charge is -2.36. The lowest BCUT2D eigenvalue weighted by atomic mass is 10.1. The van der Waals surface area contributed by atoms with E-state index in [0.29, 0.717) is 0 Å². The quantitative estimate of drug-likeness (QED) is 0.692. The molecule has 0 saturated heterocycles. The van der Waals surface area contributed by atoms with E-state index in [0.717, 1.165) is 13.1 Å². The van der Waals surface area contributed by atoms with Crippen LogP contribution in [0.15, 0.2) is 12.1 Å². The lowest BCUT2D eigenvalue weighted by Crippen LogP contribution is -2.43. The number of hydrogen-bond donors (Lipinski definition) is 0. The monoisotopic (exact) mass is 240 g/mol. The van der Waals surface area contributed by atoms with E-state index in [2.05, 4.69) is 30.5 Å². The summed E-state index contributed by atoms with van der Waals surface area (Å²) in [6, 6.07) is 4.32. The Balaban J connectivity index is 2.28. The van der Waals surface area contributed by atoms with Gasteiger partial charge in [-0.3, -0.25) is 4.79 Å². The number of halogens is 1. The number of aromatic nitrogens is 1. The van der Waals surface area contributed by atoms with E-state index in [4.69, 9.17) is 11.6 Å². The third-order valence-corrected chi connectivity index (χ3v) is 3.50. The molecule has 2 atom stereocenters. The first-order valence-corrected chi connectivity index (χ1v) is 6.06. The van der Waals surface area contributed by atoms with Gasteiger partial charge in [-0.2, -0.15) is 0 Å². The second-order valence-corrected chi connectivity index (χ2v) is 5.03. The van der Waals surface area contributed by atoms with Crippen LogP contribution in [0.1, 0.15) is 31.3 Å². The fourth-order valence-electron chi connectivity index (χ4n) is 2.35. The molecule has 1 aromatic heterocycles. The van der Waals surface area contributed by atoms with Gasteiger partial charge in [-0.1, -0.05) is 0 Å². The number of fused-ring (bicyclic) bond motifs is 1. The third kappa shape index (κ3) is 1.73. The zero-order valence-corrected chi connectivity index (χ0v) is 10.7. The van der Waals surface area contributed by atoms with Gasteiger partial charge in [0.15, 0.2) is 0 Å². The van der Waals surface area contributed by atoms with Gasteiger partial charge in [0.2, 0.25) is 5.91 Å². The van der Waals surface area contributed by atoms with E-state index in [1.54, 1.807) is 6.92 Å². The Bertz CT molecular complexity index is 411. The van der Waals surface area contributed by atoms with Crippen molar-refractivity contribution >= 4 is 17.5 Å². The van der Waals surface area contributed by atoms with Crippen molar-refractivity contribution in [3.63, 3.8) is 0 Å². The molecule has 0 aromatic carbocycles. The van der Waals surface area contributed by atoms with Gasteiger partial charge in [0.25, 0.3) is 0 Å². The summed E-state index contributed by atoms with van der Waals surface area (Å²) in [4.78, 5) is 13.8. The first-order chi connectivity index (χ1) is 7.52. The van der Waals surface area contributed by atoms with Crippen LogP contribution in [-0.4, -0.2) is 27.3 Å². The van der Waals surface area contributed by atoms with E-state index in [1.807, 2.05) is 4.90 Å². The first kappa shape index (κ1) is 11.5. The lowest BCUT2D eigenvalue weighted by molar-refractivity contribution is -0.133. The number of hydrogen-bond acceptors (Lipinski definition) is 1. The Kier molecular flexibility index (Phi) is 2.98. The smallest absolute Gasteiger partial charge is 0.240 e. The number of rotatable bonds is 1. The summed E-state index contributed by atoms with van der Waals surface area (Å²) >= 11 is 5.86. The van der Waals surface area contributed by atoms with Crippen molar-refractivity contribution < 1.29 is 4.79 Å². The van der Waals surface area contributed by atoms with E-state index in [-0.39, 0.29) is 11.9 Å². The average Bonchev–Trinajstić information content (AvgIpc) is 2.61. The zero-order valence-electron chi connectivity index (χ0n) is 9.90. The molecule has 2 unspecified atom stereocenters. The van der Waals surface area contributed by atoms with Crippen LogP contribution in [0.3, 0.4) is 0 Å². The molecule has 1 amide bonds. The molecule has 16 heavy (non-hydrogen) atoms. The van der Waals surface area contributed by atoms with E-state index in [1.165, 1.54) is 11.4 Å². The molecule has 2 heterocycles. The minimum absolute atomic E-state index is 0.0271. The van der Waals surface area contributed by atoms with E-state index < -0.39 is 5.38 Å². The Morgan fingerprint density at radius 1 is 1.50 bits per heavy atom. The maximum absolute atomic E-state index is 11.9. The summed E-state index contributed by atoms with van der Waals surface area (Å²) in [7, 11) is 0. The van der Waals surface area contributed by atoms with Crippen molar-refractivity contribution in [1.82, 2.24) is 9.47 Å². The molecule has 0 radical (unpaired) electrons. The molecule has 1 aliphatic heterocycles. The van der Waals surface area contributed by atoms with Gasteiger partial charge in [0.1, 0.15) is 5.38 Å². The molecular formula is C12H17ClN2O. The molecular weight excluding hydrogens is 224 g/mol. The van der Waals surface area contributed by atoms with Crippen LogP contribution in [0, 0.1) is 6.92 Å². The van der Waals surface area contributed by atoms with Crippen molar-refractivity contribution in [2.24, 2.45) is 0 Å². The van der Waals surface area contributed by atoms with E-state index in [9.17, 15) is 4.79 Å². The number of nitrogens with zero attached hydrogens (tertiary/aromatic N) is 2. The summed E-state index contributed by atoms with van der Waals surface area (Å²) in [6.45, 7) is 7.50. The highest BCUT2D eigenvalue weighted by Crippen LogP contribution is 2.28. The number of amides is 1. The summed E-state index contributed by atoms with van der Waals surface area (Å²) < 4.78 is 2.27. The minimum Gasteiger partial charge on any atom is -0.345 e. The molecule has 4 heteroatoms. The molecule has 1 aliphatic rings. The van der Waals surface area contributed by atoms with Crippen LogP contribution in [0.5, 0.6) is 0 Å². The predicted octanol–water partition coefficient (Wildman–Crippen LogP) is 2.33. The summed E-state index contributed by atoms with van der Waals surface area (Å²) in [6.07, 6.45) is 0. The van der Waals surface area contributed by atoms with Gasteiger partial charge in [0.05, 0.1) is 6.04 Å². The normalized spacial score (nSPS) is 21.8. The number of aryl methyl sites for hydroxylation is 1. The Labute approximate surface area is 101 Å². The van der Waals surface area contributed by atoms with Crippen LogP contribution in [-0.2, 0) is 11.3 Å². The van der Waals surface area contributed by atoms with Gasteiger partial charge in [0, 0.05) is 24.5 Å². The van der Waals surface area contributed by atoms with Crippen LogP contribution >= 0.6 is 11.6 Å². The second-order valence-electron chi connectivity index (χ2n) is 4.37. The zero-order chi connectivity index (χ0) is 11.9. The van der Waals surface area contributed by atoms with Crippen molar-refractivity contribution in [3.8, 4) is 0 Å². The molecule has 0 fully saturated rings. The Morgan fingerprint density at radius 2 is 2.19 bits per heavy atom. The largest absolute Gasteiger partial charge is 0.345 e. The van der Waals surface area contributed by atoms with Gasteiger partial charge < -0.3 is 9.47 Å². The SMILES string of the molecule is Cc1ccc2n1CCN(C(=O)C(C)Cl)C2C. The van der Waals surface area contributed by atoms with Gasteiger partial charge in [-0.25, -0.2) is 0 Å². The molecule has 3 nitrogen and oxygen atoms in total. The molecule has 88 valence electrons. The molecule has 2 rings (SSSR count). The molecule has 0 N–H and O–H groups in total. The molecule has 1 aromatic rings. The Hall–Kier alpha value is -0.960. The maximum Gasteiger partial charge on any atom is 0.240 e. The van der Waals surface area contributed by atoms with Crippen molar-refractivity contribution in [2.45, 2.75) is 38.7 Å². The Morgan fingerprint density at radius 3 is 2.81 bits per heavy atom. The summed E-state index contributed by atoms with van der Waals surface area (Å²) in [5.41, 5.74) is 2.46. The first-order valence-electron chi connectivity index (χ1n) is 5.63. The second kappa shape index (κ2) is 4.13. The summed E-state index contributed by atoms with van der Waals surface area (Å²) in [5.74, 6) is 0.0271. The summed E-state index contributed by atoms with van der Waals surface area (Å²) in [5, 5.41) is -0.440.